The van der Waals surface area contributed by atoms with Gasteiger partial charge in [0.2, 0.25) is 0 Å². The van der Waals surface area contributed by atoms with Crippen molar-refractivity contribution in [1.82, 2.24) is 0 Å². The Morgan fingerprint density at radius 2 is 1.12 bits per heavy atom. The summed E-state index contributed by atoms with van der Waals surface area (Å²) in [6.45, 7) is 0. The summed E-state index contributed by atoms with van der Waals surface area (Å²) in [5.41, 5.74) is 2.28. The highest BCUT2D eigenvalue weighted by atomic mass is 32.2. The predicted octanol–water partition coefficient (Wildman–Crippen LogP) is 6.42. The molecule has 0 aromatic heterocycles. The fourth-order valence-electron chi connectivity index (χ4n) is 4.28. The monoisotopic (exact) mass is 550 g/mol. The molecule has 0 saturated carbocycles. The van der Waals surface area contributed by atoms with Crippen LogP contribution in [0.25, 0.3) is 22.3 Å². The highest BCUT2D eigenvalue weighted by Crippen LogP contribution is 2.42. The summed E-state index contributed by atoms with van der Waals surface area (Å²) in [7, 11) is -4.56. The molecule has 0 atom stereocenters. The number of phenols is 1. The van der Waals surface area contributed by atoms with Crippen molar-refractivity contribution < 1.29 is 32.4 Å². The lowest BCUT2D eigenvalue weighted by molar-refractivity contribution is 0.0693. The first-order chi connectivity index (χ1) is 19.2. The molecule has 7 nitrogen and oxygen atoms in total. The van der Waals surface area contributed by atoms with E-state index in [9.17, 15) is 28.2 Å². The van der Waals surface area contributed by atoms with Crippen molar-refractivity contribution in [3.05, 3.63) is 138 Å². The molecule has 0 radical (unpaired) electrons. The van der Waals surface area contributed by atoms with Gasteiger partial charge in [0.15, 0.2) is 11.5 Å². The van der Waals surface area contributed by atoms with Gasteiger partial charge < -0.3 is 14.4 Å². The molecule has 0 heterocycles. The molecular formula is C32H22O7S. The van der Waals surface area contributed by atoms with Crippen LogP contribution in [0.15, 0.2) is 126 Å². The van der Waals surface area contributed by atoms with Gasteiger partial charge in [-0.3, -0.25) is 4.79 Å². The third kappa shape index (κ3) is 5.34. The van der Waals surface area contributed by atoms with E-state index in [-0.39, 0.29) is 11.5 Å². The zero-order valence-corrected chi connectivity index (χ0v) is 21.7. The molecule has 8 heteroatoms. The second-order valence-corrected chi connectivity index (χ2v) is 10.4. The first-order valence-electron chi connectivity index (χ1n) is 12.1. The van der Waals surface area contributed by atoms with Gasteiger partial charge in [-0.25, -0.2) is 4.79 Å². The number of rotatable bonds is 8. The summed E-state index contributed by atoms with van der Waals surface area (Å²) in [6, 6.07) is 32.6. The maximum absolute atomic E-state index is 13.5. The Balaban J connectivity index is 1.74. The van der Waals surface area contributed by atoms with Crippen LogP contribution in [0.3, 0.4) is 0 Å². The summed E-state index contributed by atoms with van der Waals surface area (Å²) in [4.78, 5) is 24.4. The molecule has 0 saturated heterocycles. The number of carboxylic acid groups (broad SMARTS) is 1. The highest BCUT2D eigenvalue weighted by molar-refractivity contribution is 7.87. The molecule has 0 amide bonds. The molecule has 198 valence electrons. The zero-order chi connectivity index (χ0) is 28.3. The summed E-state index contributed by atoms with van der Waals surface area (Å²) < 4.78 is 32.7. The number of carbonyl (C=O) groups excluding carboxylic acids is 1. The van der Waals surface area contributed by atoms with Crippen molar-refractivity contribution in [1.29, 1.82) is 0 Å². The first-order valence-corrected chi connectivity index (χ1v) is 13.5. The maximum atomic E-state index is 13.5. The molecule has 0 spiro atoms. The Bertz CT molecular complexity index is 1760. The second-order valence-electron chi connectivity index (χ2n) is 8.85. The number of benzene rings is 5. The maximum Gasteiger partial charge on any atom is 0.339 e. The number of aromatic carboxylic acids is 1. The smallest absolute Gasteiger partial charge is 0.339 e. The van der Waals surface area contributed by atoms with Crippen molar-refractivity contribution in [3.63, 3.8) is 0 Å². The molecule has 0 aliphatic heterocycles. The Morgan fingerprint density at radius 1 is 0.625 bits per heavy atom. The van der Waals surface area contributed by atoms with Gasteiger partial charge in [-0.2, -0.15) is 8.42 Å². The van der Waals surface area contributed by atoms with Crippen LogP contribution in [-0.2, 0) is 10.1 Å². The van der Waals surface area contributed by atoms with Crippen molar-refractivity contribution in [2.45, 2.75) is 4.90 Å². The van der Waals surface area contributed by atoms with Crippen molar-refractivity contribution in [2.75, 3.05) is 0 Å². The van der Waals surface area contributed by atoms with E-state index in [4.69, 9.17) is 4.18 Å². The third-order valence-corrected chi connectivity index (χ3v) is 7.46. The van der Waals surface area contributed by atoms with E-state index in [1.54, 1.807) is 84.9 Å². The van der Waals surface area contributed by atoms with Crippen molar-refractivity contribution in [3.8, 4) is 33.8 Å². The molecule has 0 aliphatic carbocycles. The van der Waals surface area contributed by atoms with Crippen molar-refractivity contribution >= 4 is 21.9 Å². The molecule has 0 unspecified atom stereocenters. The fourth-order valence-corrected chi connectivity index (χ4v) is 5.26. The fraction of sp³-hybridized carbons (Fsp3) is 0. The van der Waals surface area contributed by atoms with Crippen LogP contribution in [0.5, 0.6) is 11.5 Å². The van der Waals surface area contributed by atoms with E-state index in [1.807, 2.05) is 18.2 Å². The highest BCUT2D eigenvalue weighted by Gasteiger charge is 2.26. The van der Waals surface area contributed by atoms with Gasteiger partial charge in [0.05, 0.1) is 0 Å². The minimum atomic E-state index is -4.56. The minimum Gasteiger partial charge on any atom is -0.507 e. The Hall–Kier alpha value is -5.21. The lowest BCUT2D eigenvalue weighted by Crippen LogP contribution is -2.13. The van der Waals surface area contributed by atoms with E-state index in [1.165, 1.54) is 0 Å². The van der Waals surface area contributed by atoms with Gasteiger partial charge in [0.1, 0.15) is 16.2 Å². The lowest BCUT2D eigenvalue weighted by Gasteiger charge is -2.18. The topological polar surface area (TPSA) is 118 Å². The third-order valence-electron chi connectivity index (χ3n) is 6.24. The summed E-state index contributed by atoms with van der Waals surface area (Å²) >= 11 is 0. The van der Waals surface area contributed by atoms with Crippen LogP contribution in [0.2, 0.25) is 0 Å². The van der Waals surface area contributed by atoms with Gasteiger partial charge in [0.25, 0.3) is 0 Å². The molecule has 5 rings (SSSR count). The molecule has 5 aromatic carbocycles. The molecule has 0 bridgehead atoms. The minimum absolute atomic E-state index is 0.0242. The Morgan fingerprint density at radius 3 is 1.60 bits per heavy atom. The zero-order valence-electron chi connectivity index (χ0n) is 20.9. The van der Waals surface area contributed by atoms with E-state index >= 15 is 0 Å². The number of hydrogen-bond acceptors (Lipinski definition) is 6. The number of carboxylic acids is 1. The standard InChI is InChI=1S/C32H22O7S/c33-29-20-25(16-17-26(29)32(35)36)40(37,38)39-31-27(21-10-4-1-5-11-21)18-24(30(34)23-14-8-3-9-15-23)19-28(31)22-12-6-2-7-13-22/h1-20,33H,(H,35,36). The Kier molecular flexibility index (Phi) is 7.18. The van der Waals surface area contributed by atoms with E-state index in [0.717, 1.165) is 18.2 Å². The van der Waals surface area contributed by atoms with Crippen LogP contribution >= 0.6 is 0 Å². The molecule has 40 heavy (non-hydrogen) atoms. The summed E-state index contributed by atoms with van der Waals surface area (Å²) in [5.74, 6) is -2.39. The molecular weight excluding hydrogens is 528 g/mol. The van der Waals surface area contributed by atoms with E-state index < -0.39 is 32.3 Å². The molecule has 0 aliphatic rings. The van der Waals surface area contributed by atoms with Crippen LogP contribution in [0.4, 0.5) is 0 Å². The lowest BCUT2D eigenvalue weighted by atomic mass is 9.92. The SMILES string of the molecule is O=C(c1ccccc1)c1cc(-c2ccccc2)c(OS(=O)(=O)c2ccc(C(=O)O)c(O)c2)c(-c2ccccc2)c1. The second kappa shape index (κ2) is 10.9. The Labute approximate surface area is 230 Å². The van der Waals surface area contributed by atoms with Crippen LogP contribution < -0.4 is 4.18 Å². The average molecular weight is 551 g/mol. The van der Waals surface area contributed by atoms with E-state index in [2.05, 4.69) is 0 Å². The van der Waals surface area contributed by atoms with Gasteiger partial charge in [-0.15, -0.1) is 0 Å². The normalized spacial score (nSPS) is 11.1. The van der Waals surface area contributed by atoms with Crippen LogP contribution in [0.1, 0.15) is 26.3 Å². The molecule has 5 aromatic rings. The average Bonchev–Trinajstić information content (AvgIpc) is 2.97. The molecule has 0 fully saturated rings. The number of aromatic hydroxyl groups is 1. The number of carbonyl (C=O) groups is 2. The first kappa shape index (κ1) is 26.4. The number of hydrogen-bond donors (Lipinski definition) is 2. The summed E-state index contributed by atoms with van der Waals surface area (Å²) in [6.07, 6.45) is 0. The largest absolute Gasteiger partial charge is 0.507 e. The predicted molar refractivity (Wildman–Crippen MR) is 150 cm³/mol. The van der Waals surface area contributed by atoms with Gasteiger partial charge >= 0.3 is 16.1 Å². The number of ketones is 1. The van der Waals surface area contributed by atoms with E-state index in [0.29, 0.717) is 33.4 Å². The van der Waals surface area contributed by atoms with Gasteiger partial charge in [-0.1, -0.05) is 91.0 Å². The van der Waals surface area contributed by atoms with Gasteiger partial charge in [0, 0.05) is 28.3 Å². The van der Waals surface area contributed by atoms with Crippen LogP contribution in [-0.4, -0.2) is 30.4 Å². The quantitative estimate of drug-likeness (QED) is 0.169. The molecule has 2 N–H and O–H groups in total. The van der Waals surface area contributed by atoms with Crippen LogP contribution in [0, 0.1) is 0 Å². The summed E-state index contributed by atoms with van der Waals surface area (Å²) in [5, 5.41) is 19.3. The van der Waals surface area contributed by atoms with Gasteiger partial charge in [-0.05, 0) is 35.4 Å². The van der Waals surface area contributed by atoms with Crippen molar-refractivity contribution in [2.24, 2.45) is 0 Å².